The largest absolute Gasteiger partial charge is 0.333 e. The number of hydrogen-bond acceptors (Lipinski definition) is 4. The fourth-order valence-corrected chi connectivity index (χ4v) is 6.49. The summed E-state index contributed by atoms with van der Waals surface area (Å²) in [5.74, 6) is -0.110. The van der Waals surface area contributed by atoms with Crippen molar-refractivity contribution in [2.24, 2.45) is 0 Å². The van der Waals surface area contributed by atoms with Gasteiger partial charge in [-0.25, -0.2) is 8.42 Å². The number of thiophene rings is 1. The zero-order chi connectivity index (χ0) is 17.6. The van der Waals surface area contributed by atoms with Crippen LogP contribution in [0.2, 0.25) is 0 Å². The molecule has 3 heterocycles. The zero-order valence-electron chi connectivity index (χ0n) is 14.0. The van der Waals surface area contributed by atoms with Crippen molar-refractivity contribution in [3.8, 4) is 0 Å². The predicted octanol–water partition coefficient (Wildman–Crippen LogP) is 2.44. The molecular formula is C18H20N2O3S2. The van der Waals surface area contributed by atoms with Crippen molar-refractivity contribution in [3.05, 3.63) is 52.4 Å². The molecule has 7 heteroatoms. The molecule has 1 fully saturated rings. The Labute approximate surface area is 151 Å². The molecule has 0 saturated carbocycles. The summed E-state index contributed by atoms with van der Waals surface area (Å²) in [6.45, 7) is 2.92. The van der Waals surface area contributed by atoms with Crippen molar-refractivity contribution in [1.82, 2.24) is 9.21 Å². The molecule has 1 saturated heterocycles. The molecule has 25 heavy (non-hydrogen) atoms. The van der Waals surface area contributed by atoms with Crippen LogP contribution in [0.25, 0.3) is 0 Å². The number of carbonyl (C=O) groups excluding carboxylic acids is 1. The van der Waals surface area contributed by atoms with Crippen LogP contribution in [0, 0.1) is 0 Å². The summed E-state index contributed by atoms with van der Waals surface area (Å²) in [4.78, 5) is 15.5. The molecule has 1 atom stereocenters. The summed E-state index contributed by atoms with van der Waals surface area (Å²) < 4.78 is 27.7. The Morgan fingerprint density at radius 2 is 2.00 bits per heavy atom. The third kappa shape index (κ3) is 2.80. The molecule has 2 aliphatic rings. The van der Waals surface area contributed by atoms with Crippen molar-refractivity contribution in [2.75, 3.05) is 19.6 Å². The second-order valence-electron chi connectivity index (χ2n) is 6.42. The predicted molar refractivity (Wildman–Crippen MR) is 97.1 cm³/mol. The number of carbonyl (C=O) groups is 1. The highest BCUT2D eigenvalue weighted by Crippen LogP contribution is 2.35. The number of rotatable bonds is 3. The first-order valence-electron chi connectivity index (χ1n) is 8.47. The third-order valence-electron chi connectivity index (χ3n) is 5.00. The molecular weight excluding hydrogens is 356 g/mol. The number of aryl methyl sites for hydroxylation is 1. The maximum Gasteiger partial charge on any atom is 0.253 e. The second kappa shape index (κ2) is 6.23. The van der Waals surface area contributed by atoms with Gasteiger partial charge >= 0.3 is 0 Å². The van der Waals surface area contributed by atoms with E-state index in [9.17, 15) is 13.2 Å². The van der Waals surface area contributed by atoms with Crippen LogP contribution in [0.3, 0.4) is 0 Å². The van der Waals surface area contributed by atoms with Crippen LogP contribution in [-0.4, -0.2) is 43.2 Å². The summed E-state index contributed by atoms with van der Waals surface area (Å²) in [6, 6.07) is 11.3. The molecule has 0 radical (unpaired) electrons. The van der Waals surface area contributed by atoms with Gasteiger partial charge in [0.05, 0.1) is 12.6 Å². The van der Waals surface area contributed by atoms with E-state index < -0.39 is 10.0 Å². The van der Waals surface area contributed by atoms with E-state index in [0.717, 1.165) is 23.3 Å². The van der Waals surface area contributed by atoms with Crippen LogP contribution in [0.1, 0.15) is 29.0 Å². The summed E-state index contributed by atoms with van der Waals surface area (Å²) in [5.41, 5.74) is 2.28. The Morgan fingerprint density at radius 3 is 2.76 bits per heavy atom. The van der Waals surface area contributed by atoms with Gasteiger partial charge in [0, 0.05) is 18.0 Å². The van der Waals surface area contributed by atoms with Gasteiger partial charge in [-0.15, -0.1) is 11.3 Å². The first-order valence-corrected chi connectivity index (χ1v) is 10.7. The van der Waals surface area contributed by atoms with E-state index in [2.05, 4.69) is 6.07 Å². The quantitative estimate of drug-likeness (QED) is 0.827. The first kappa shape index (κ1) is 16.8. The lowest BCUT2D eigenvalue weighted by molar-refractivity contribution is -0.138. The fourth-order valence-electron chi connectivity index (χ4n) is 3.64. The van der Waals surface area contributed by atoms with Gasteiger partial charge in [0.15, 0.2) is 0 Å². The van der Waals surface area contributed by atoms with E-state index in [-0.39, 0.29) is 18.5 Å². The lowest BCUT2D eigenvalue weighted by Gasteiger charge is -2.43. The molecule has 1 amide bonds. The van der Waals surface area contributed by atoms with Crippen LogP contribution in [0.15, 0.2) is 40.6 Å². The normalized spacial score (nSPS) is 21.1. The molecule has 0 unspecified atom stereocenters. The summed E-state index contributed by atoms with van der Waals surface area (Å²) in [5, 5.41) is 0. The van der Waals surface area contributed by atoms with Gasteiger partial charge in [-0.2, -0.15) is 4.31 Å². The number of nitrogens with zero attached hydrogens (tertiary/aromatic N) is 2. The smallest absolute Gasteiger partial charge is 0.253 e. The van der Waals surface area contributed by atoms with Crippen LogP contribution in [0.4, 0.5) is 0 Å². The standard InChI is InChI=1S/C18H20N2O3S2/c1-2-14-7-8-18(24-14)25(22,23)19-11-16-15-6-4-3-5-13(15)9-10-20(16)17(21)12-19/h3-8,16H,2,9-12H2,1H3/t16-/m0/s1. The van der Waals surface area contributed by atoms with Gasteiger partial charge in [-0.3, -0.25) is 4.79 Å². The number of amides is 1. The molecule has 5 nitrogen and oxygen atoms in total. The highest BCUT2D eigenvalue weighted by atomic mass is 32.2. The van der Waals surface area contributed by atoms with E-state index in [0.29, 0.717) is 17.3 Å². The second-order valence-corrected chi connectivity index (χ2v) is 9.76. The van der Waals surface area contributed by atoms with Gasteiger partial charge in [-0.1, -0.05) is 31.2 Å². The minimum absolute atomic E-state index is 0.0691. The fraction of sp³-hybridized carbons (Fsp3) is 0.389. The first-order chi connectivity index (χ1) is 12.0. The summed E-state index contributed by atoms with van der Waals surface area (Å²) >= 11 is 1.30. The zero-order valence-corrected chi connectivity index (χ0v) is 15.6. The monoisotopic (exact) mass is 376 g/mol. The average molecular weight is 377 g/mol. The van der Waals surface area contributed by atoms with Gasteiger partial charge in [0.25, 0.3) is 10.0 Å². The van der Waals surface area contributed by atoms with E-state index >= 15 is 0 Å². The van der Waals surface area contributed by atoms with E-state index in [1.807, 2.05) is 36.1 Å². The van der Waals surface area contributed by atoms with Crippen LogP contribution in [0.5, 0.6) is 0 Å². The minimum atomic E-state index is -3.63. The van der Waals surface area contributed by atoms with Crippen molar-refractivity contribution >= 4 is 27.3 Å². The Morgan fingerprint density at radius 1 is 1.20 bits per heavy atom. The highest BCUT2D eigenvalue weighted by Gasteiger charge is 2.41. The SMILES string of the molecule is CCc1ccc(S(=O)(=O)N2CC(=O)N3CCc4ccccc4[C@@H]3C2)s1. The number of benzene rings is 1. The summed E-state index contributed by atoms with van der Waals surface area (Å²) in [7, 11) is -3.63. The Kier molecular flexibility index (Phi) is 4.17. The van der Waals surface area contributed by atoms with E-state index in [4.69, 9.17) is 0 Å². The van der Waals surface area contributed by atoms with Crippen molar-refractivity contribution in [1.29, 1.82) is 0 Å². The molecule has 132 valence electrons. The molecule has 4 rings (SSSR count). The molecule has 2 aromatic rings. The van der Waals surface area contributed by atoms with Crippen molar-refractivity contribution < 1.29 is 13.2 Å². The lowest BCUT2D eigenvalue weighted by Crippen LogP contribution is -2.55. The molecule has 0 aliphatic carbocycles. The molecule has 1 aromatic carbocycles. The van der Waals surface area contributed by atoms with Crippen LogP contribution < -0.4 is 0 Å². The van der Waals surface area contributed by atoms with E-state index in [1.165, 1.54) is 21.2 Å². The van der Waals surface area contributed by atoms with Gasteiger partial charge in [0.2, 0.25) is 5.91 Å². The Bertz CT molecular complexity index is 920. The maximum absolute atomic E-state index is 13.0. The molecule has 0 bridgehead atoms. The molecule has 1 aromatic heterocycles. The number of hydrogen-bond donors (Lipinski definition) is 0. The lowest BCUT2D eigenvalue weighted by atomic mass is 9.91. The number of piperazine rings is 1. The average Bonchev–Trinajstić information content (AvgIpc) is 3.11. The number of sulfonamides is 1. The third-order valence-corrected chi connectivity index (χ3v) is 8.51. The number of fused-ring (bicyclic) bond motifs is 3. The van der Waals surface area contributed by atoms with Crippen LogP contribution in [-0.2, 0) is 27.7 Å². The van der Waals surface area contributed by atoms with Crippen molar-refractivity contribution in [2.45, 2.75) is 30.0 Å². The van der Waals surface area contributed by atoms with E-state index in [1.54, 1.807) is 6.07 Å². The van der Waals surface area contributed by atoms with Gasteiger partial charge in [-0.05, 0) is 36.1 Å². The maximum atomic E-state index is 13.0. The van der Waals surface area contributed by atoms with Gasteiger partial charge in [0.1, 0.15) is 4.21 Å². The molecule has 2 aliphatic heterocycles. The molecule has 0 spiro atoms. The molecule has 0 N–H and O–H groups in total. The Balaban J connectivity index is 1.68. The van der Waals surface area contributed by atoms with Crippen molar-refractivity contribution in [3.63, 3.8) is 0 Å². The Hall–Kier alpha value is -1.70. The summed E-state index contributed by atoms with van der Waals surface area (Å²) in [6.07, 6.45) is 1.64. The van der Waals surface area contributed by atoms with Gasteiger partial charge < -0.3 is 4.90 Å². The highest BCUT2D eigenvalue weighted by molar-refractivity contribution is 7.91. The van der Waals surface area contributed by atoms with Crippen LogP contribution >= 0.6 is 11.3 Å². The minimum Gasteiger partial charge on any atom is -0.333 e. The topological polar surface area (TPSA) is 57.7 Å².